The molecular formula is C14H9Cl2NO. The van der Waals surface area contributed by atoms with Crippen molar-refractivity contribution in [3.05, 3.63) is 57.6 Å². The molecule has 0 radical (unpaired) electrons. The molecule has 0 unspecified atom stereocenters. The van der Waals surface area contributed by atoms with Crippen molar-refractivity contribution in [1.82, 2.24) is 0 Å². The van der Waals surface area contributed by atoms with Gasteiger partial charge in [-0.3, -0.25) is 0 Å². The topological polar surface area (TPSA) is 33.0 Å². The molecule has 2 aromatic carbocycles. The van der Waals surface area contributed by atoms with E-state index in [1.54, 1.807) is 30.3 Å². The van der Waals surface area contributed by atoms with Crippen LogP contribution in [0.1, 0.15) is 11.1 Å². The van der Waals surface area contributed by atoms with Crippen molar-refractivity contribution < 1.29 is 4.74 Å². The SMILES string of the molecule is Cc1ccc(Oc2cc(Cl)ccc2C#N)c(Cl)c1. The van der Waals surface area contributed by atoms with Crippen LogP contribution in [-0.4, -0.2) is 0 Å². The second-order valence-corrected chi connectivity index (χ2v) is 4.63. The van der Waals surface area contributed by atoms with Crippen LogP contribution in [0.15, 0.2) is 36.4 Å². The molecule has 0 aliphatic rings. The van der Waals surface area contributed by atoms with Crippen LogP contribution >= 0.6 is 23.2 Å². The highest BCUT2D eigenvalue weighted by atomic mass is 35.5. The lowest BCUT2D eigenvalue weighted by Crippen LogP contribution is -1.89. The van der Waals surface area contributed by atoms with Crippen LogP contribution < -0.4 is 4.74 Å². The van der Waals surface area contributed by atoms with Crippen LogP contribution in [0.4, 0.5) is 0 Å². The summed E-state index contributed by atoms with van der Waals surface area (Å²) in [6.07, 6.45) is 0. The molecular weight excluding hydrogens is 269 g/mol. The van der Waals surface area contributed by atoms with Gasteiger partial charge in [0.05, 0.1) is 10.6 Å². The molecule has 18 heavy (non-hydrogen) atoms. The lowest BCUT2D eigenvalue weighted by molar-refractivity contribution is 0.481. The van der Waals surface area contributed by atoms with Gasteiger partial charge in [0.2, 0.25) is 0 Å². The number of nitrogens with zero attached hydrogens (tertiary/aromatic N) is 1. The monoisotopic (exact) mass is 277 g/mol. The summed E-state index contributed by atoms with van der Waals surface area (Å²) in [5, 5.41) is 10.0. The Morgan fingerprint density at radius 2 is 1.83 bits per heavy atom. The van der Waals surface area contributed by atoms with Gasteiger partial charge in [0, 0.05) is 11.1 Å². The number of hydrogen-bond donors (Lipinski definition) is 0. The first-order chi connectivity index (χ1) is 8.60. The van der Waals surface area contributed by atoms with E-state index in [9.17, 15) is 0 Å². The van der Waals surface area contributed by atoms with Gasteiger partial charge in [0.25, 0.3) is 0 Å². The van der Waals surface area contributed by atoms with E-state index in [4.69, 9.17) is 33.2 Å². The van der Waals surface area contributed by atoms with Crippen LogP contribution in [0.5, 0.6) is 11.5 Å². The van der Waals surface area contributed by atoms with Gasteiger partial charge < -0.3 is 4.74 Å². The molecule has 0 amide bonds. The third-order valence-electron chi connectivity index (χ3n) is 2.37. The Kier molecular flexibility index (Phi) is 3.76. The van der Waals surface area contributed by atoms with Gasteiger partial charge in [-0.25, -0.2) is 0 Å². The fraction of sp³-hybridized carbons (Fsp3) is 0.0714. The molecule has 0 fully saturated rings. The van der Waals surface area contributed by atoms with Gasteiger partial charge in [0.15, 0.2) is 0 Å². The quantitative estimate of drug-likeness (QED) is 0.777. The minimum Gasteiger partial charge on any atom is -0.454 e. The first-order valence-electron chi connectivity index (χ1n) is 5.24. The molecule has 0 saturated heterocycles. The molecule has 0 aliphatic heterocycles. The third-order valence-corrected chi connectivity index (χ3v) is 2.90. The zero-order chi connectivity index (χ0) is 13.1. The van der Waals surface area contributed by atoms with Gasteiger partial charge in [-0.1, -0.05) is 29.3 Å². The maximum Gasteiger partial charge on any atom is 0.146 e. The van der Waals surface area contributed by atoms with Gasteiger partial charge in [-0.15, -0.1) is 0 Å². The lowest BCUT2D eigenvalue weighted by atomic mass is 10.2. The minimum absolute atomic E-state index is 0.399. The van der Waals surface area contributed by atoms with Crippen molar-refractivity contribution >= 4 is 23.2 Å². The fourth-order valence-corrected chi connectivity index (χ4v) is 1.92. The summed E-state index contributed by atoms with van der Waals surface area (Å²) < 4.78 is 5.63. The van der Waals surface area contributed by atoms with E-state index < -0.39 is 0 Å². The van der Waals surface area contributed by atoms with Gasteiger partial charge >= 0.3 is 0 Å². The number of ether oxygens (including phenoxy) is 1. The van der Waals surface area contributed by atoms with Gasteiger partial charge in [-0.05, 0) is 36.8 Å². The van der Waals surface area contributed by atoms with E-state index in [2.05, 4.69) is 0 Å². The zero-order valence-electron chi connectivity index (χ0n) is 9.58. The Morgan fingerprint density at radius 1 is 1.06 bits per heavy atom. The van der Waals surface area contributed by atoms with Crippen LogP contribution in [0, 0.1) is 18.3 Å². The normalized spacial score (nSPS) is 9.89. The van der Waals surface area contributed by atoms with E-state index in [1.165, 1.54) is 0 Å². The second-order valence-electron chi connectivity index (χ2n) is 3.79. The second kappa shape index (κ2) is 5.30. The molecule has 2 aromatic rings. The molecule has 4 heteroatoms. The number of rotatable bonds is 2. The summed E-state index contributed by atoms with van der Waals surface area (Å²) in [5.41, 5.74) is 1.45. The fourth-order valence-electron chi connectivity index (χ4n) is 1.48. The average Bonchev–Trinajstić information content (AvgIpc) is 2.33. The Morgan fingerprint density at radius 3 is 2.50 bits per heavy atom. The van der Waals surface area contributed by atoms with Crippen LogP contribution in [0.2, 0.25) is 10.0 Å². The predicted octanol–water partition coefficient (Wildman–Crippen LogP) is 4.97. The smallest absolute Gasteiger partial charge is 0.146 e. The van der Waals surface area contributed by atoms with E-state index in [-0.39, 0.29) is 0 Å². The molecule has 0 aromatic heterocycles. The van der Waals surface area contributed by atoms with Crippen molar-refractivity contribution in [2.45, 2.75) is 6.92 Å². The molecule has 0 heterocycles. The molecule has 0 aliphatic carbocycles. The standard InChI is InChI=1S/C14H9Cl2NO/c1-9-2-5-13(12(16)6-9)18-14-7-11(15)4-3-10(14)8-17/h2-7H,1H3. The number of aryl methyl sites for hydroxylation is 1. The Labute approximate surface area is 115 Å². The minimum atomic E-state index is 0.399. The molecule has 0 spiro atoms. The van der Waals surface area contributed by atoms with Gasteiger partial charge in [0.1, 0.15) is 17.6 Å². The summed E-state index contributed by atoms with van der Waals surface area (Å²) in [6, 6.07) is 12.3. The number of nitriles is 1. The average molecular weight is 278 g/mol. The van der Waals surface area contributed by atoms with E-state index in [0.717, 1.165) is 5.56 Å². The van der Waals surface area contributed by atoms with E-state index in [0.29, 0.717) is 27.1 Å². The largest absolute Gasteiger partial charge is 0.454 e. The molecule has 2 rings (SSSR count). The molecule has 0 bridgehead atoms. The summed E-state index contributed by atoms with van der Waals surface area (Å²) >= 11 is 12.0. The third kappa shape index (κ3) is 2.76. The maximum absolute atomic E-state index is 8.99. The molecule has 0 N–H and O–H groups in total. The highest BCUT2D eigenvalue weighted by Crippen LogP contribution is 2.33. The number of halogens is 2. The Balaban J connectivity index is 2.40. The highest BCUT2D eigenvalue weighted by Gasteiger charge is 2.08. The molecule has 2 nitrogen and oxygen atoms in total. The van der Waals surface area contributed by atoms with Crippen molar-refractivity contribution in [3.8, 4) is 17.6 Å². The molecule has 0 atom stereocenters. The molecule has 90 valence electrons. The maximum atomic E-state index is 8.99. The number of benzene rings is 2. The van der Waals surface area contributed by atoms with Crippen molar-refractivity contribution in [1.29, 1.82) is 5.26 Å². The lowest BCUT2D eigenvalue weighted by Gasteiger charge is -2.09. The highest BCUT2D eigenvalue weighted by molar-refractivity contribution is 6.32. The van der Waals surface area contributed by atoms with Crippen molar-refractivity contribution in [3.63, 3.8) is 0 Å². The van der Waals surface area contributed by atoms with E-state index in [1.807, 2.05) is 19.1 Å². The molecule has 0 saturated carbocycles. The Hall–Kier alpha value is -1.69. The van der Waals surface area contributed by atoms with Crippen LogP contribution in [0.25, 0.3) is 0 Å². The van der Waals surface area contributed by atoms with Crippen LogP contribution in [-0.2, 0) is 0 Å². The Bertz CT molecular complexity index is 632. The summed E-state index contributed by atoms with van der Waals surface area (Å²) in [6.45, 7) is 1.94. The summed E-state index contributed by atoms with van der Waals surface area (Å²) in [7, 11) is 0. The van der Waals surface area contributed by atoms with E-state index >= 15 is 0 Å². The summed E-state index contributed by atoms with van der Waals surface area (Å²) in [5.74, 6) is 0.900. The number of hydrogen-bond acceptors (Lipinski definition) is 2. The van der Waals surface area contributed by atoms with Crippen molar-refractivity contribution in [2.75, 3.05) is 0 Å². The first kappa shape index (κ1) is 12.8. The summed E-state index contributed by atoms with van der Waals surface area (Å²) in [4.78, 5) is 0. The van der Waals surface area contributed by atoms with Gasteiger partial charge in [-0.2, -0.15) is 5.26 Å². The van der Waals surface area contributed by atoms with Crippen molar-refractivity contribution in [2.24, 2.45) is 0 Å². The predicted molar refractivity (Wildman–Crippen MR) is 72.4 cm³/mol. The first-order valence-corrected chi connectivity index (χ1v) is 5.99. The van der Waals surface area contributed by atoms with Crippen LogP contribution in [0.3, 0.4) is 0 Å². The zero-order valence-corrected chi connectivity index (χ0v) is 11.1.